The fourth-order valence-electron chi connectivity index (χ4n) is 4.00. The van der Waals surface area contributed by atoms with Crippen LogP contribution in [0.15, 0.2) is 78.8 Å². The molecule has 1 aromatic heterocycles. The zero-order chi connectivity index (χ0) is 32.4. The number of benzene rings is 2. The maximum Gasteiger partial charge on any atom is 0.302 e. The topological polar surface area (TPSA) is 116 Å². The van der Waals surface area contributed by atoms with Gasteiger partial charge in [0.25, 0.3) is 5.91 Å². The second kappa shape index (κ2) is 15.4. The number of pyridine rings is 1. The molecule has 1 heterocycles. The minimum absolute atomic E-state index is 0.0797. The predicted octanol–water partition coefficient (Wildman–Crippen LogP) is 4.83. The van der Waals surface area contributed by atoms with E-state index in [9.17, 15) is 32.3 Å². The van der Waals surface area contributed by atoms with E-state index in [1.165, 1.54) is 13.0 Å². The lowest BCUT2D eigenvalue weighted by Crippen LogP contribution is -2.38. The fourth-order valence-corrected chi connectivity index (χ4v) is 4.00. The van der Waals surface area contributed by atoms with Gasteiger partial charge in [-0.25, -0.2) is 13.2 Å². The van der Waals surface area contributed by atoms with Crippen molar-refractivity contribution in [2.24, 2.45) is 5.92 Å². The van der Waals surface area contributed by atoms with Crippen LogP contribution in [-0.2, 0) is 22.7 Å². The monoisotopic (exact) mass is 611 g/mol. The number of ether oxygens (including phenoxy) is 2. The van der Waals surface area contributed by atoms with Gasteiger partial charge in [0.05, 0.1) is 6.04 Å². The molecule has 0 aliphatic rings. The lowest BCUT2D eigenvalue weighted by atomic mass is 10.0. The summed E-state index contributed by atoms with van der Waals surface area (Å²) in [5.41, 5.74) is 1.17. The number of hydrogen-bond donors (Lipinski definition) is 2. The molecule has 0 aliphatic heterocycles. The smallest absolute Gasteiger partial charge is 0.302 e. The van der Waals surface area contributed by atoms with Crippen molar-refractivity contribution < 1.29 is 37.0 Å². The molecule has 0 spiro atoms. The number of esters is 1. The summed E-state index contributed by atoms with van der Waals surface area (Å²) in [7, 11) is 0. The number of aromatic nitrogens is 1. The van der Waals surface area contributed by atoms with Crippen molar-refractivity contribution in [1.82, 2.24) is 9.99 Å². The summed E-state index contributed by atoms with van der Waals surface area (Å²) < 4.78 is 53.8. The minimum atomic E-state index is -1.23. The molecule has 0 fully saturated rings. The summed E-state index contributed by atoms with van der Waals surface area (Å²) in [6.45, 7) is 9.25. The van der Waals surface area contributed by atoms with Crippen LogP contribution in [0.5, 0.6) is 5.75 Å². The summed E-state index contributed by atoms with van der Waals surface area (Å²) >= 11 is 0. The largest absolute Gasteiger partial charge is 0.483 e. The first kappa shape index (κ1) is 33.4. The van der Waals surface area contributed by atoms with E-state index in [1.807, 2.05) is 0 Å². The Labute approximate surface area is 252 Å². The number of carbonyl (C=O) groups is 3. The molecule has 3 aromatic rings. The molecule has 0 unspecified atom stereocenters. The van der Waals surface area contributed by atoms with Crippen LogP contribution in [0.25, 0.3) is 0 Å². The fraction of sp³-hybridized carbons (Fsp3) is 0.250. The summed E-state index contributed by atoms with van der Waals surface area (Å²) in [5, 5.41) is 2.26. The molecule has 0 saturated heterocycles. The molecule has 2 atom stereocenters. The maximum atomic E-state index is 14.2. The van der Waals surface area contributed by atoms with Crippen molar-refractivity contribution in [1.29, 1.82) is 0 Å². The molecular weight excluding hydrogens is 579 g/mol. The molecule has 0 aliphatic carbocycles. The lowest BCUT2D eigenvalue weighted by Gasteiger charge is -2.24. The number of Topliss-reactive ketones (excluding diaryl/α,β-unsaturated/α-hetero) is 1. The Morgan fingerprint density at radius 2 is 1.70 bits per heavy atom. The number of carbonyl (C=O) groups excluding carboxylic acids is 3. The van der Waals surface area contributed by atoms with Crippen LogP contribution in [0.2, 0.25) is 0 Å². The number of nitrogens with one attached hydrogen (secondary N) is 2. The molecule has 1 amide bonds. The van der Waals surface area contributed by atoms with Gasteiger partial charge in [0.2, 0.25) is 5.43 Å². The third-order valence-corrected chi connectivity index (χ3v) is 6.40. The second-order valence-corrected chi connectivity index (χ2v) is 9.84. The van der Waals surface area contributed by atoms with Gasteiger partial charge >= 0.3 is 5.97 Å². The van der Waals surface area contributed by atoms with Crippen molar-refractivity contribution in [2.45, 2.75) is 39.5 Å². The Balaban J connectivity index is 2.13. The van der Waals surface area contributed by atoms with Crippen molar-refractivity contribution >= 4 is 17.7 Å². The van der Waals surface area contributed by atoms with Gasteiger partial charge in [-0.15, -0.1) is 13.2 Å². The van der Waals surface area contributed by atoms with Gasteiger partial charge in [-0.05, 0) is 11.5 Å². The van der Waals surface area contributed by atoms with Crippen LogP contribution < -0.4 is 20.9 Å². The number of rotatable bonds is 15. The number of amides is 1. The van der Waals surface area contributed by atoms with Crippen LogP contribution in [0.1, 0.15) is 52.2 Å². The van der Waals surface area contributed by atoms with Crippen LogP contribution in [0.4, 0.5) is 13.2 Å². The highest BCUT2D eigenvalue weighted by atomic mass is 19.1. The first-order valence-corrected chi connectivity index (χ1v) is 13.5. The molecule has 2 aromatic carbocycles. The Bertz CT molecular complexity index is 1580. The first-order valence-electron chi connectivity index (χ1n) is 13.5. The van der Waals surface area contributed by atoms with Gasteiger partial charge in [0.15, 0.2) is 17.2 Å². The first-order chi connectivity index (χ1) is 20.9. The van der Waals surface area contributed by atoms with Crippen molar-refractivity contribution in [3.05, 3.63) is 124 Å². The van der Waals surface area contributed by atoms with Crippen LogP contribution in [-0.4, -0.2) is 35.0 Å². The van der Waals surface area contributed by atoms with Crippen LogP contribution in [0.3, 0.4) is 0 Å². The van der Waals surface area contributed by atoms with E-state index in [-0.39, 0.29) is 31.2 Å². The van der Waals surface area contributed by atoms with Crippen LogP contribution >= 0.6 is 0 Å². The third kappa shape index (κ3) is 8.69. The summed E-state index contributed by atoms with van der Waals surface area (Å²) in [6.07, 6.45) is 3.89. The second-order valence-electron chi connectivity index (χ2n) is 9.84. The average Bonchev–Trinajstić information content (AvgIpc) is 2.98. The van der Waals surface area contributed by atoms with Gasteiger partial charge in [-0.3, -0.25) is 23.9 Å². The summed E-state index contributed by atoms with van der Waals surface area (Å²) in [4.78, 5) is 52.0. The number of allylic oxidation sites excluding steroid dienone is 1. The van der Waals surface area contributed by atoms with Crippen LogP contribution in [0, 0.1) is 23.4 Å². The molecule has 44 heavy (non-hydrogen) atoms. The Kier molecular flexibility index (Phi) is 11.7. The zero-order valence-electron chi connectivity index (χ0n) is 24.2. The summed E-state index contributed by atoms with van der Waals surface area (Å²) in [6, 6.07) is 8.85. The van der Waals surface area contributed by atoms with Crippen molar-refractivity contribution in [3.8, 4) is 5.75 Å². The highest BCUT2D eigenvalue weighted by Crippen LogP contribution is 2.22. The van der Waals surface area contributed by atoms with Crippen molar-refractivity contribution in [3.63, 3.8) is 0 Å². The molecule has 0 bridgehead atoms. The molecule has 12 heteroatoms. The number of ketones is 1. The van der Waals surface area contributed by atoms with E-state index >= 15 is 0 Å². The normalized spacial score (nSPS) is 12.0. The molecule has 0 saturated carbocycles. The van der Waals surface area contributed by atoms with E-state index in [0.717, 1.165) is 10.9 Å². The predicted molar refractivity (Wildman–Crippen MR) is 157 cm³/mol. The van der Waals surface area contributed by atoms with E-state index in [0.29, 0.717) is 17.7 Å². The molecule has 0 radical (unpaired) electrons. The Morgan fingerprint density at radius 1 is 1.05 bits per heavy atom. The van der Waals surface area contributed by atoms with E-state index in [2.05, 4.69) is 23.9 Å². The number of hydrogen-bond acceptors (Lipinski definition) is 7. The zero-order valence-corrected chi connectivity index (χ0v) is 24.2. The third-order valence-electron chi connectivity index (χ3n) is 6.40. The van der Waals surface area contributed by atoms with Gasteiger partial charge in [-0.1, -0.05) is 49.4 Å². The quantitative estimate of drug-likeness (QED) is 0.144. The SMILES string of the molecule is C=C[C@H](C)CC(=O)c1c(OCc2ccccc2)c(=O)c(C(=O)NCc2c(F)cc(F)cc2F)cn1N[C@@H](C=C)COC(C)=O. The van der Waals surface area contributed by atoms with E-state index < -0.39 is 70.0 Å². The number of halogens is 3. The van der Waals surface area contributed by atoms with E-state index in [4.69, 9.17) is 9.47 Å². The van der Waals surface area contributed by atoms with Gasteiger partial charge in [0, 0.05) is 43.8 Å². The highest BCUT2D eigenvalue weighted by Gasteiger charge is 2.28. The maximum absolute atomic E-state index is 14.2. The average molecular weight is 612 g/mol. The molecule has 3 rings (SSSR count). The Hall–Kier alpha value is -5.13. The molecular formula is C32H32F3N3O6. The number of nitrogens with zero attached hydrogens (tertiary/aromatic N) is 1. The van der Waals surface area contributed by atoms with E-state index in [1.54, 1.807) is 43.3 Å². The molecule has 2 N–H and O–H groups in total. The molecule has 232 valence electrons. The summed E-state index contributed by atoms with van der Waals surface area (Å²) in [5.74, 6) is -6.55. The van der Waals surface area contributed by atoms with Gasteiger partial charge in [-0.2, -0.15) is 0 Å². The molecule has 9 nitrogen and oxygen atoms in total. The van der Waals surface area contributed by atoms with Crippen molar-refractivity contribution in [2.75, 3.05) is 12.0 Å². The Morgan fingerprint density at radius 3 is 2.30 bits per heavy atom. The van der Waals surface area contributed by atoms with Gasteiger partial charge in [0.1, 0.15) is 36.2 Å². The lowest BCUT2D eigenvalue weighted by molar-refractivity contribution is -0.141. The van der Waals surface area contributed by atoms with Gasteiger partial charge < -0.3 is 20.2 Å². The highest BCUT2D eigenvalue weighted by molar-refractivity contribution is 6.00. The minimum Gasteiger partial charge on any atom is -0.483 e. The standard InChI is InChI=1S/C32H32F3N3O6/c1-5-19(3)12-28(40)29-31(44-17-21-10-8-7-9-11-21)30(41)25(16-38(29)37-23(6-2)18-43-20(4)39)32(42)36-15-24-26(34)13-22(33)14-27(24)35/h5-11,13-14,16,19,23,37H,1-2,12,15,17-18H2,3-4H3,(H,36,42)/t19-,23-/m0/s1.